The largest absolute Gasteiger partial charge is 0.497 e. The number of aryl methyl sites for hydroxylation is 1. The Morgan fingerprint density at radius 2 is 2.04 bits per heavy atom. The van der Waals surface area contributed by atoms with Gasteiger partial charge in [0.25, 0.3) is 0 Å². The van der Waals surface area contributed by atoms with E-state index in [1.165, 1.54) is 11.1 Å². The van der Waals surface area contributed by atoms with Gasteiger partial charge in [-0.25, -0.2) is 0 Å². The predicted molar refractivity (Wildman–Crippen MR) is 99.8 cm³/mol. The Morgan fingerprint density at radius 1 is 1.24 bits per heavy atom. The highest BCUT2D eigenvalue weighted by Gasteiger charge is 2.30. The molecule has 2 fully saturated rings. The number of carbonyl (C=O) groups is 1. The summed E-state index contributed by atoms with van der Waals surface area (Å²) in [4.78, 5) is 17.3. The number of benzene rings is 1. The molecule has 138 valence electrons. The Hall–Kier alpha value is -1.59. The molecule has 1 unspecified atom stereocenters. The van der Waals surface area contributed by atoms with Crippen molar-refractivity contribution in [2.24, 2.45) is 5.92 Å². The fourth-order valence-electron chi connectivity index (χ4n) is 4.00. The molecule has 5 heteroatoms. The molecule has 0 bridgehead atoms. The van der Waals surface area contributed by atoms with Crippen LogP contribution in [0.1, 0.15) is 30.9 Å². The van der Waals surface area contributed by atoms with E-state index >= 15 is 0 Å². The molecule has 2 aliphatic heterocycles. The van der Waals surface area contributed by atoms with Crippen LogP contribution < -0.4 is 10.1 Å². The zero-order valence-electron chi connectivity index (χ0n) is 15.6. The molecular weight excluding hydrogens is 314 g/mol. The van der Waals surface area contributed by atoms with Crippen LogP contribution in [-0.4, -0.2) is 62.1 Å². The molecule has 2 aliphatic rings. The first kappa shape index (κ1) is 18.2. The van der Waals surface area contributed by atoms with E-state index in [-0.39, 0.29) is 5.92 Å². The summed E-state index contributed by atoms with van der Waals surface area (Å²) in [6, 6.07) is 6.36. The molecule has 3 rings (SSSR count). The van der Waals surface area contributed by atoms with E-state index in [1.807, 2.05) is 6.07 Å². The Morgan fingerprint density at radius 3 is 2.76 bits per heavy atom. The molecule has 0 saturated carbocycles. The maximum Gasteiger partial charge on any atom is 0.227 e. The summed E-state index contributed by atoms with van der Waals surface area (Å²) >= 11 is 0. The van der Waals surface area contributed by atoms with Crippen molar-refractivity contribution in [1.29, 1.82) is 0 Å². The lowest BCUT2D eigenvalue weighted by molar-refractivity contribution is -0.138. The summed E-state index contributed by atoms with van der Waals surface area (Å²) in [6.07, 6.45) is 3.14. The number of methoxy groups -OCH3 is 1. The van der Waals surface area contributed by atoms with Gasteiger partial charge in [-0.3, -0.25) is 9.69 Å². The molecule has 1 aromatic rings. The van der Waals surface area contributed by atoms with E-state index in [2.05, 4.69) is 34.2 Å². The van der Waals surface area contributed by atoms with Gasteiger partial charge in [-0.1, -0.05) is 13.0 Å². The second-order valence-corrected chi connectivity index (χ2v) is 7.14. The zero-order valence-corrected chi connectivity index (χ0v) is 15.6. The van der Waals surface area contributed by atoms with Gasteiger partial charge in [0, 0.05) is 39.3 Å². The molecule has 25 heavy (non-hydrogen) atoms. The van der Waals surface area contributed by atoms with Gasteiger partial charge in [-0.15, -0.1) is 0 Å². The van der Waals surface area contributed by atoms with Crippen molar-refractivity contribution in [3.8, 4) is 5.75 Å². The standard InChI is InChI=1S/C20H31N3O2/c1-3-16-13-19(25-2)7-6-17(16)14-22-10-4-5-18(15-22)20(24)23-11-8-21-9-12-23/h6-7,13,18,21H,3-5,8-12,14-15H2,1-2H3. The van der Waals surface area contributed by atoms with Crippen molar-refractivity contribution in [2.75, 3.05) is 46.4 Å². The van der Waals surface area contributed by atoms with Crippen molar-refractivity contribution in [3.63, 3.8) is 0 Å². The Kier molecular flexibility index (Phi) is 6.32. The monoisotopic (exact) mass is 345 g/mol. The summed E-state index contributed by atoms with van der Waals surface area (Å²) in [7, 11) is 1.71. The maximum atomic E-state index is 12.8. The van der Waals surface area contributed by atoms with Crippen molar-refractivity contribution in [1.82, 2.24) is 15.1 Å². The van der Waals surface area contributed by atoms with Gasteiger partial charge in [-0.05, 0) is 49.1 Å². The molecule has 1 amide bonds. The van der Waals surface area contributed by atoms with Crippen LogP contribution in [-0.2, 0) is 17.8 Å². The van der Waals surface area contributed by atoms with Crippen molar-refractivity contribution in [2.45, 2.75) is 32.7 Å². The minimum atomic E-state index is 0.162. The number of nitrogens with one attached hydrogen (secondary N) is 1. The van der Waals surface area contributed by atoms with Gasteiger partial charge in [0.1, 0.15) is 5.75 Å². The van der Waals surface area contributed by atoms with E-state index in [1.54, 1.807) is 7.11 Å². The number of hydrogen-bond donors (Lipinski definition) is 1. The van der Waals surface area contributed by atoms with E-state index in [9.17, 15) is 4.79 Å². The fraction of sp³-hybridized carbons (Fsp3) is 0.650. The highest BCUT2D eigenvalue weighted by atomic mass is 16.5. The number of likely N-dealkylation sites (tertiary alicyclic amines) is 1. The van der Waals surface area contributed by atoms with Gasteiger partial charge >= 0.3 is 0 Å². The SMILES string of the molecule is CCc1cc(OC)ccc1CN1CCCC(C(=O)N2CCNCC2)C1. The number of piperidine rings is 1. The van der Waals surface area contributed by atoms with Crippen LogP contribution in [0.4, 0.5) is 0 Å². The Labute approximate surface area is 151 Å². The molecule has 2 heterocycles. The van der Waals surface area contributed by atoms with Crippen LogP contribution in [0.5, 0.6) is 5.75 Å². The lowest BCUT2D eigenvalue weighted by Crippen LogP contribution is -2.51. The summed E-state index contributed by atoms with van der Waals surface area (Å²) in [5, 5.41) is 3.32. The number of nitrogens with zero attached hydrogens (tertiary/aromatic N) is 2. The van der Waals surface area contributed by atoms with E-state index in [4.69, 9.17) is 4.74 Å². The average molecular weight is 345 g/mol. The summed E-state index contributed by atoms with van der Waals surface area (Å²) in [5.74, 6) is 1.44. The third-order valence-electron chi connectivity index (χ3n) is 5.47. The van der Waals surface area contributed by atoms with Crippen LogP contribution in [0.15, 0.2) is 18.2 Å². The van der Waals surface area contributed by atoms with Crippen molar-refractivity contribution in [3.05, 3.63) is 29.3 Å². The smallest absolute Gasteiger partial charge is 0.227 e. The molecule has 0 aromatic heterocycles. The minimum absolute atomic E-state index is 0.162. The van der Waals surface area contributed by atoms with Gasteiger partial charge < -0.3 is 15.0 Å². The third-order valence-corrected chi connectivity index (χ3v) is 5.47. The van der Waals surface area contributed by atoms with Crippen LogP contribution in [0.3, 0.4) is 0 Å². The van der Waals surface area contributed by atoms with Gasteiger partial charge in [0.15, 0.2) is 0 Å². The first-order valence-electron chi connectivity index (χ1n) is 9.59. The molecule has 1 N–H and O–H groups in total. The number of carbonyl (C=O) groups excluding carboxylic acids is 1. The van der Waals surface area contributed by atoms with E-state index in [0.29, 0.717) is 5.91 Å². The second-order valence-electron chi connectivity index (χ2n) is 7.14. The number of rotatable bonds is 5. The second kappa shape index (κ2) is 8.68. The van der Waals surface area contributed by atoms with E-state index in [0.717, 1.165) is 70.8 Å². The van der Waals surface area contributed by atoms with Crippen molar-refractivity contribution >= 4 is 5.91 Å². The van der Waals surface area contributed by atoms with Gasteiger partial charge in [0.2, 0.25) is 5.91 Å². The number of piperazine rings is 1. The van der Waals surface area contributed by atoms with E-state index < -0.39 is 0 Å². The number of ether oxygens (including phenoxy) is 1. The fourth-order valence-corrected chi connectivity index (χ4v) is 4.00. The summed E-state index contributed by atoms with van der Waals surface area (Å²) < 4.78 is 5.35. The lowest BCUT2D eigenvalue weighted by atomic mass is 9.95. The zero-order chi connectivity index (χ0) is 17.6. The first-order valence-corrected chi connectivity index (χ1v) is 9.59. The lowest BCUT2D eigenvalue weighted by Gasteiger charge is -2.36. The molecule has 1 atom stereocenters. The quantitative estimate of drug-likeness (QED) is 0.885. The normalized spacial score (nSPS) is 22.0. The number of amides is 1. The van der Waals surface area contributed by atoms with Crippen molar-refractivity contribution < 1.29 is 9.53 Å². The molecule has 5 nitrogen and oxygen atoms in total. The Bertz CT molecular complexity index is 584. The van der Waals surface area contributed by atoms with Crippen LogP contribution in [0.2, 0.25) is 0 Å². The topological polar surface area (TPSA) is 44.8 Å². The van der Waals surface area contributed by atoms with Gasteiger partial charge in [-0.2, -0.15) is 0 Å². The first-order chi connectivity index (χ1) is 12.2. The third kappa shape index (κ3) is 4.53. The van der Waals surface area contributed by atoms with Crippen LogP contribution in [0.25, 0.3) is 0 Å². The highest BCUT2D eigenvalue weighted by molar-refractivity contribution is 5.79. The molecule has 2 saturated heterocycles. The highest BCUT2D eigenvalue weighted by Crippen LogP contribution is 2.24. The molecule has 1 aromatic carbocycles. The molecule has 0 aliphatic carbocycles. The van der Waals surface area contributed by atoms with Gasteiger partial charge in [0.05, 0.1) is 13.0 Å². The molecule has 0 radical (unpaired) electrons. The molecule has 0 spiro atoms. The summed E-state index contributed by atoms with van der Waals surface area (Å²) in [6.45, 7) is 8.64. The Balaban J connectivity index is 1.62. The maximum absolute atomic E-state index is 12.8. The summed E-state index contributed by atoms with van der Waals surface area (Å²) in [5.41, 5.74) is 2.70. The van der Waals surface area contributed by atoms with Crippen LogP contribution in [0, 0.1) is 5.92 Å². The minimum Gasteiger partial charge on any atom is -0.497 e. The molecular formula is C20H31N3O2. The predicted octanol–water partition coefficient (Wildman–Crippen LogP) is 1.90. The number of hydrogen-bond acceptors (Lipinski definition) is 4. The van der Waals surface area contributed by atoms with Crippen LogP contribution >= 0.6 is 0 Å². The average Bonchev–Trinajstić information content (AvgIpc) is 2.68.